The van der Waals surface area contributed by atoms with Gasteiger partial charge in [-0.3, -0.25) is 0 Å². The lowest BCUT2D eigenvalue weighted by Crippen LogP contribution is -2.32. The Balaban J connectivity index is 2.27. The number of rotatable bonds is 7. The van der Waals surface area contributed by atoms with Crippen molar-refractivity contribution in [1.82, 2.24) is 9.88 Å². The van der Waals surface area contributed by atoms with Crippen molar-refractivity contribution < 1.29 is 23.8 Å². The van der Waals surface area contributed by atoms with Gasteiger partial charge in [0.25, 0.3) is 0 Å². The molecule has 0 fully saturated rings. The van der Waals surface area contributed by atoms with E-state index < -0.39 is 17.7 Å². The second kappa shape index (κ2) is 9.49. The number of nitrogens with one attached hydrogen (secondary N) is 1. The molecule has 2 rings (SSSR count). The molecule has 0 unspecified atom stereocenters. The van der Waals surface area contributed by atoms with E-state index in [1.54, 1.807) is 39.3 Å². The highest BCUT2D eigenvalue weighted by Crippen LogP contribution is 2.31. The largest absolute Gasteiger partial charge is 0.486 e. The monoisotopic (exact) mass is 402 g/mol. The van der Waals surface area contributed by atoms with Gasteiger partial charge in [-0.2, -0.15) is 0 Å². The van der Waals surface area contributed by atoms with Crippen LogP contribution in [-0.2, 0) is 29.7 Å². The van der Waals surface area contributed by atoms with Gasteiger partial charge in [0.15, 0.2) is 11.4 Å². The van der Waals surface area contributed by atoms with E-state index in [0.717, 1.165) is 16.8 Å². The number of hydrogen-bond acceptors (Lipinski definition) is 5. The molecule has 158 valence electrons. The van der Waals surface area contributed by atoms with Crippen LogP contribution in [0, 0.1) is 6.92 Å². The molecular weight excluding hydrogens is 372 g/mol. The fourth-order valence-corrected chi connectivity index (χ4v) is 2.90. The van der Waals surface area contributed by atoms with Crippen LogP contribution < -0.4 is 10.1 Å². The first-order valence-corrected chi connectivity index (χ1v) is 9.62. The van der Waals surface area contributed by atoms with Crippen molar-refractivity contribution in [2.75, 3.05) is 6.61 Å². The van der Waals surface area contributed by atoms with Crippen molar-refractivity contribution in [3.05, 3.63) is 52.8 Å². The standard InChI is InChI=1S/C22H30N2O5/c1-7-27-20(25)18-19(28-14-16-11-9-8-10-12-16)15(2)17(24(18)6)13-23-21(26)29-22(3,4)5/h8-12H,7,13-14H2,1-6H3,(H,23,26). The molecule has 0 aliphatic heterocycles. The molecule has 1 aromatic carbocycles. The van der Waals surface area contributed by atoms with Crippen LogP contribution >= 0.6 is 0 Å². The van der Waals surface area contributed by atoms with Gasteiger partial charge in [0.2, 0.25) is 0 Å². The van der Waals surface area contributed by atoms with Gasteiger partial charge in [-0.15, -0.1) is 0 Å². The van der Waals surface area contributed by atoms with Crippen LogP contribution in [0.3, 0.4) is 0 Å². The minimum absolute atomic E-state index is 0.193. The Labute approximate surface area is 172 Å². The fraction of sp³-hybridized carbons (Fsp3) is 0.455. The Hall–Kier alpha value is -2.96. The van der Waals surface area contributed by atoms with E-state index >= 15 is 0 Å². The number of amides is 1. The van der Waals surface area contributed by atoms with E-state index in [-0.39, 0.29) is 13.2 Å². The van der Waals surface area contributed by atoms with Gasteiger partial charge in [0, 0.05) is 18.3 Å². The number of carbonyl (C=O) groups is 2. The number of esters is 1. The normalized spacial score (nSPS) is 11.1. The second-order valence-electron chi connectivity index (χ2n) is 7.66. The second-order valence-corrected chi connectivity index (χ2v) is 7.66. The van der Waals surface area contributed by atoms with Crippen LogP contribution in [-0.4, -0.2) is 28.8 Å². The van der Waals surface area contributed by atoms with E-state index in [2.05, 4.69) is 5.32 Å². The molecule has 1 amide bonds. The Morgan fingerprint density at radius 3 is 2.38 bits per heavy atom. The third-order valence-electron chi connectivity index (χ3n) is 4.22. The summed E-state index contributed by atoms with van der Waals surface area (Å²) in [5.41, 5.74) is 2.22. The van der Waals surface area contributed by atoms with Crippen molar-refractivity contribution in [3.8, 4) is 5.75 Å². The minimum Gasteiger partial charge on any atom is -0.486 e. The number of hydrogen-bond donors (Lipinski definition) is 1. The summed E-state index contributed by atoms with van der Waals surface area (Å²) < 4.78 is 18.2. The highest BCUT2D eigenvalue weighted by Gasteiger charge is 2.26. The van der Waals surface area contributed by atoms with Crippen molar-refractivity contribution in [3.63, 3.8) is 0 Å². The molecule has 0 saturated carbocycles. The fourth-order valence-electron chi connectivity index (χ4n) is 2.90. The van der Waals surface area contributed by atoms with E-state index in [0.29, 0.717) is 18.1 Å². The zero-order valence-corrected chi connectivity index (χ0v) is 18.0. The lowest BCUT2D eigenvalue weighted by molar-refractivity contribution is 0.0507. The van der Waals surface area contributed by atoms with Gasteiger partial charge >= 0.3 is 12.1 Å². The molecule has 0 bridgehead atoms. The van der Waals surface area contributed by atoms with Crippen LogP contribution in [0.4, 0.5) is 4.79 Å². The zero-order chi connectivity index (χ0) is 21.6. The molecule has 0 aliphatic carbocycles. The topological polar surface area (TPSA) is 78.8 Å². The summed E-state index contributed by atoms with van der Waals surface area (Å²) in [6, 6.07) is 9.69. The molecule has 0 saturated heterocycles. The number of aromatic nitrogens is 1. The molecule has 2 aromatic rings. The van der Waals surface area contributed by atoms with Gasteiger partial charge in [0.05, 0.1) is 13.2 Å². The molecule has 29 heavy (non-hydrogen) atoms. The van der Waals surface area contributed by atoms with Gasteiger partial charge in [-0.25, -0.2) is 9.59 Å². The van der Waals surface area contributed by atoms with E-state index in [9.17, 15) is 9.59 Å². The summed E-state index contributed by atoms with van der Waals surface area (Å²) in [6.45, 7) is 9.78. The number of benzene rings is 1. The van der Waals surface area contributed by atoms with Crippen molar-refractivity contribution in [2.45, 2.75) is 53.4 Å². The highest BCUT2D eigenvalue weighted by molar-refractivity contribution is 5.92. The Bertz CT molecular complexity index is 850. The third kappa shape index (κ3) is 6.01. The van der Waals surface area contributed by atoms with Crippen molar-refractivity contribution in [2.24, 2.45) is 7.05 Å². The first-order valence-electron chi connectivity index (χ1n) is 9.62. The number of ether oxygens (including phenoxy) is 3. The van der Waals surface area contributed by atoms with Gasteiger partial charge in [-0.05, 0) is 40.2 Å². The Morgan fingerprint density at radius 2 is 1.79 bits per heavy atom. The quantitative estimate of drug-likeness (QED) is 0.705. The lowest BCUT2D eigenvalue weighted by Gasteiger charge is -2.19. The van der Waals surface area contributed by atoms with Crippen molar-refractivity contribution in [1.29, 1.82) is 0 Å². The molecule has 0 spiro atoms. The van der Waals surface area contributed by atoms with Crippen LogP contribution in [0.25, 0.3) is 0 Å². The lowest BCUT2D eigenvalue weighted by atomic mass is 10.2. The van der Waals surface area contributed by atoms with E-state index in [1.807, 2.05) is 37.3 Å². The molecular formula is C22H30N2O5. The minimum atomic E-state index is -0.590. The number of carbonyl (C=O) groups excluding carboxylic acids is 2. The predicted molar refractivity (Wildman–Crippen MR) is 110 cm³/mol. The molecule has 0 radical (unpaired) electrons. The highest BCUT2D eigenvalue weighted by atomic mass is 16.6. The van der Waals surface area contributed by atoms with Gasteiger partial charge in [0.1, 0.15) is 12.2 Å². The maximum atomic E-state index is 12.6. The summed E-state index contributed by atoms with van der Waals surface area (Å²) >= 11 is 0. The number of alkyl carbamates (subject to hydrolysis) is 1. The van der Waals surface area contributed by atoms with Crippen LogP contribution in [0.1, 0.15) is 55.0 Å². The van der Waals surface area contributed by atoms with Crippen LogP contribution in [0.2, 0.25) is 0 Å². The van der Waals surface area contributed by atoms with Gasteiger partial charge < -0.3 is 24.1 Å². The summed E-state index contributed by atoms with van der Waals surface area (Å²) in [7, 11) is 1.75. The average molecular weight is 402 g/mol. The van der Waals surface area contributed by atoms with Crippen molar-refractivity contribution >= 4 is 12.1 Å². The van der Waals surface area contributed by atoms with E-state index in [1.165, 1.54) is 0 Å². The molecule has 7 heteroatoms. The smallest absolute Gasteiger partial charge is 0.407 e. The van der Waals surface area contributed by atoms with Gasteiger partial charge in [-0.1, -0.05) is 30.3 Å². The Morgan fingerprint density at radius 1 is 1.14 bits per heavy atom. The summed E-state index contributed by atoms with van der Waals surface area (Å²) in [5, 5.41) is 2.73. The first kappa shape index (κ1) is 22.3. The zero-order valence-electron chi connectivity index (χ0n) is 18.0. The maximum absolute atomic E-state index is 12.6. The average Bonchev–Trinajstić information content (AvgIpc) is 2.87. The van der Waals surface area contributed by atoms with E-state index in [4.69, 9.17) is 14.2 Å². The molecule has 1 N–H and O–H groups in total. The number of nitrogens with zero attached hydrogens (tertiary/aromatic N) is 1. The predicted octanol–water partition coefficient (Wildman–Crippen LogP) is 4.11. The van der Waals surface area contributed by atoms with Crippen LogP contribution in [0.5, 0.6) is 5.75 Å². The molecule has 0 atom stereocenters. The summed E-state index contributed by atoms with van der Waals surface area (Å²) in [5.74, 6) is -0.0135. The molecule has 0 aliphatic rings. The third-order valence-corrected chi connectivity index (χ3v) is 4.22. The molecule has 1 heterocycles. The molecule has 7 nitrogen and oxygen atoms in total. The summed E-state index contributed by atoms with van der Waals surface area (Å²) in [4.78, 5) is 24.6. The Kier molecular flexibility index (Phi) is 7.31. The first-order chi connectivity index (χ1) is 13.6. The van der Waals surface area contributed by atoms with Crippen LogP contribution in [0.15, 0.2) is 30.3 Å². The summed E-state index contributed by atoms with van der Waals surface area (Å²) in [6.07, 6.45) is -0.525. The molecule has 1 aromatic heterocycles. The maximum Gasteiger partial charge on any atom is 0.407 e. The SMILES string of the molecule is CCOC(=O)c1c(OCc2ccccc2)c(C)c(CNC(=O)OC(C)(C)C)n1C.